The second kappa shape index (κ2) is 9.95. The van der Waals surface area contributed by atoms with Crippen molar-refractivity contribution in [3.63, 3.8) is 0 Å². The van der Waals surface area contributed by atoms with Crippen molar-refractivity contribution in [2.75, 3.05) is 13.7 Å². The Hall–Kier alpha value is -3.30. The number of hydrogen-bond acceptors (Lipinski definition) is 3. The first-order chi connectivity index (χ1) is 14.8. The molecule has 0 saturated heterocycles. The molecule has 1 N–H and O–H groups in total. The van der Waals surface area contributed by atoms with E-state index in [1.54, 1.807) is 7.11 Å². The molecule has 0 spiro atoms. The molecule has 0 aromatic heterocycles. The van der Waals surface area contributed by atoms with E-state index in [9.17, 15) is 0 Å². The van der Waals surface area contributed by atoms with Crippen molar-refractivity contribution in [2.24, 2.45) is 0 Å². The predicted octanol–water partition coefficient (Wildman–Crippen LogP) is 5.76. The van der Waals surface area contributed by atoms with Gasteiger partial charge in [-0.15, -0.1) is 0 Å². The van der Waals surface area contributed by atoms with Crippen LogP contribution in [-0.4, -0.2) is 13.7 Å². The molecule has 0 aliphatic rings. The summed E-state index contributed by atoms with van der Waals surface area (Å²) in [6.07, 6.45) is 0.967. The molecule has 0 aliphatic heterocycles. The Morgan fingerprint density at radius 2 is 1.50 bits per heavy atom. The van der Waals surface area contributed by atoms with Crippen LogP contribution in [0.15, 0.2) is 91.0 Å². The number of rotatable bonds is 9. The third-order valence-electron chi connectivity index (χ3n) is 5.29. The molecule has 0 aliphatic carbocycles. The first kappa shape index (κ1) is 20.0. The van der Waals surface area contributed by atoms with Gasteiger partial charge >= 0.3 is 0 Å². The molecular weight excluding hydrogens is 370 g/mol. The van der Waals surface area contributed by atoms with E-state index in [4.69, 9.17) is 9.47 Å². The quantitative estimate of drug-likeness (QED) is 0.364. The van der Waals surface area contributed by atoms with Gasteiger partial charge in [0.05, 0.1) is 7.11 Å². The van der Waals surface area contributed by atoms with Crippen molar-refractivity contribution in [3.05, 3.63) is 108 Å². The van der Waals surface area contributed by atoms with Crippen molar-refractivity contribution in [3.8, 4) is 11.5 Å². The summed E-state index contributed by atoms with van der Waals surface area (Å²) >= 11 is 0. The summed E-state index contributed by atoms with van der Waals surface area (Å²) < 4.78 is 11.5. The van der Waals surface area contributed by atoms with Gasteiger partial charge in [-0.3, -0.25) is 0 Å². The predicted molar refractivity (Wildman–Crippen MR) is 123 cm³/mol. The summed E-state index contributed by atoms with van der Waals surface area (Å²) in [7, 11) is 1.69. The molecule has 0 saturated carbocycles. The summed E-state index contributed by atoms with van der Waals surface area (Å²) in [5.41, 5.74) is 3.67. The lowest BCUT2D eigenvalue weighted by Crippen LogP contribution is -2.17. The SMILES string of the molecule is COc1ccc(CCNCc2c(OCc3ccccc3)ccc3ccccc23)cc1. The van der Waals surface area contributed by atoms with E-state index in [1.807, 2.05) is 30.3 Å². The van der Waals surface area contributed by atoms with Crippen LogP contribution >= 0.6 is 0 Å². The van der Waals surface area contributed by atoms with Crippen LogP contribution in [0.3, 0.4) is 0 Å². The lowest BCUT2D eigenvalue weighted by atomic mass is 10.0. The highest BCUT2D eigenvalue weighted by Crippen LogP contribution is 2.28. The van der Waals surface area contributed by atoms with Crippen LogP contribution in [0, 0.1) is 0 Å². The fraction of sp³-hybridized carbons (Fsp3) is 0.185. The minimum absolute atomic E-state index is 0.567. The van der Waals surface area contributed by atoms with Crippen LogP contribution in [0.4, 0.5) is 0 Å². The van der Waals surface area contributed by atoms with E-state index in [-0.39, 0.29) is 0 Å². The summed E-state index contributed by atoms with van der Waals surface area (Å²) in [5, 5.41) is 6.07. The number of fused-ring (bicyclic) bond motifs is 1. The van der Waals surface area contributed by atoms with Gasteiger partial charge in [-0.05, 0) is 53.1 Å². The van der Waals surface area contributed by atoms with Crippen molar-refractivity contribution >= 4 is 10.8 Å². The van der Waals surface area contributed by atoms with E-state index < -0.39 is 0 Å². The molecule has 4 rings (SSSR count). The second-order valence-corrected chi connectivity index (χ2v) is 7.31. The highest BCUT2D eigenvalue weighted by Gasteiger charge is 2.09. The molecule has 4 aromatic carbocycles. The summed E-state index contributed by atoms with van der Waals surface area (Å²) in [5.74, 6) is 1.83. The highest BCUT2D eigenvalue weighted by atomic mass is 16.5. The third kappa shape index (κ3) is 5.00. The average Bonchev–Trinajstić information content (AvgIpc) is 2.82. The van der Waals surface area contributed by atoms with Crippen LogP contribution in [-0.2, 0) is 19.6 Å². The molecule has 0 radical (unpaired) electrons. The zero-order valence-corrected chi connectivity index (χ0v) is 17.3. The van der Waals surface area contributed by atoms with Gasteiger partial charge in [-0.2, -0.15) is 0 Å². The number of benzene rings is 4. The monoisotopic (exact) mass is 397 g/mol. The van der Waals surface area contributed by atoms with Crippen LogP contribution in [0.1, 0.15) is 16.7 Å². The van der Waals surface area contributed by atoms with Crippen LogP contribution in [0.5, 0.6) is 11.5 Å². The van der Waals surface area contributed by atoms with E-state index in [2.05, 4.69) is 66.0 Å². The van der Waals surface area contributed by atoms with Gasteiger partial charge in [-0.25, -0.2) is 0 Å². The molecule has 0 atom stereocenters. The Morgan fingerprint density at radius 1 is 0.733 bits per heavy atom. The van der Waals surface area contributed by atoms with Crippen molar-refractivity contribution in [2.45, 2.75) is 19.6 Å². The van der Waals surface area contributed by atoms with Crippen LogP contribution < -0.4 is 14.8 Å². The molecule has 0 amide bonds. The first-order valence-corrected chi connectivity index (χ1v) is 10.3. The molecule has 0 fully saturated rings. The Kier molecular flexibility index (Phi) is 6.63. The molecule has 0 bridgehead atoms. The number of methoxy groups -OCH3 is 1. The Labute approximate surface area is 178 Å². The molecule has 3 heteroatoms. The lowest BCUT2D eigenvalue weighted by Gasteiger charge is -2.15. The first-order valence-electron chi connectivity index (χ1n) is 10.3. The maximum atomic E-state index is 6.22. The van der Waals surface area contributed by atoms with Gasteiger partial charge in [0.1, 0.15) is 18.1 Å². The van der Waals surface area contributed by atoms with Crippen molar-refractivity contribution < 1.29 is 9.47 Å². The van der Waals surface area contributed by atoms with E-state index in [1.165, 1.54) is 27.5 Å². The maximum Gasteiger partial charge on any atom is 0.124 e. The molecule has 4 aromatic rings. The number of hydrogen-bond donors (Lipinski definition) is 1. The second-order valence-electron chi connectivity index (χ2n) is 7.31. The van der Waals surface area contributed by atoms with E-state index in [0.29, 0.717) is 6.61 Å². The largest absolute Gasteiger partial charge is 0.497 e. The standard InChI is InChI=1S/C27H27NO2/c1-29-24-14-11-21(12-15-24)17-18-28-19-26-25-10-6-5-9-23(25)13-16-27(26)30-20-22-7-3-2-4-8-22/h2-16,28H,17-20H2,1H3. The summed E-state index contributed by atoms with van der Waals surface area (Å²) in [4.78, 5) is 0. The minimum atomic E-state index is 0.567. The van der Waals surface area contributed by atoms with Gasteiger partial charge in [0.15, 0.2) is 0 Å². The topological polar surface area (TPSA) is 30.5 Å². The van der Waals surface area contributed by atoms with Crippen LogP contribution in [0.25, 0.3) is 10.8 Å². The Morgan fingerprint density at radius 3 is 2.30 bits per heavy atom. The lowest BCUT2D eigenvalue weighted by molar-refractivity contribution is 0.303. The van der Waals surface area contributed by atoms with E-state index in [0.717, 1.165) is 31.0 Å². The zero-order chi connectivity index (χ0) is 20.6. The summed E-state index contributed by atoms with van der Waals surface area (Å²) in [6, 6.07) is 31.3. The van der Waals surface area contributed by atoms with Crippen LogP contribution in [0.2, 0.25) is 0 Å². The number of ether oxygens (including phenoxy) is 2. The fourth-order valence-corrected chi connectivity index (χ4v) is 3.61. The smallest absolute Gasteiger partial charge is 0.124 e. The van der Waals surface area contributed by atoms with Gasteiger partial charge in [0, 0.05) is 12.1 Å². The molecule has 152 valence electrons. The average molecular weight is 398 g/mol. The summed E-state index contributed by atoms with van der Waals surface area (Å²) in [6.45, 7) is 2.23. The molecular formula is C27H27NO2. The van der Waals surface area contributed by atoms with Gasteiger partial charge in [0.2, 0.25) is 0 Å². The minimum Gasteiger partial charge on any atom is -0.497 e. The van der Waals surface area contributed by atoms with Gasteiger partial charge < -0.3 is 14.8 Å². The van der Waals surface area contributed by atoms with Gasteiger partial charge in [-0.1, -0.05) is 72.8 Å². The Balaban J connectivity index is 1.45. The molecule has 0 heterocycles. The molecule has 30 heavy (non-hydrogen) atoms. The van der Waals surface area contributed by atoms with Gasteiger partial charge in [0.25, 0.3) is 0 Å². The Bertz CT molecular complexity index is 1070. The maximum absolute atomic E-state index is 6.22. The normalized spacial score (nSPS) is 10.8. The fourth-order valence-electron chi connectivity index (χ4n) is 3.61. The highest BCUT2D eigenvalue weighted by molar-refractivity contribution is 5.87. The van der Waals surface area contributed by atoms with Crippen molar-refractivity contribution in [1.29, 1.82) is 0 Å². The van der Waals surface area contributed by atoms with Crippen molar-refractivity contribution in [1.82, 2.24) is 5.32 Å². The number of nitrogens with one attached hydrogen (secondary N) is 1. The molecule has 0 unspecified atom stereocenters. The molecule has 3 nitrogen and oxygen atoms in total. The van der Waals surface area contributed by atoms with E-state index >= 15 is 0 Å². The zero-order valence-electron chi connectivity index (χ0n) is 17.3. The third-order valence-corrected chi connectivity index (χ3v) is 5.29.